The second-order valence-electron chi connectivity index (χ2n) is 1.97. The maximum atomic E-state index is 5.75. The molecule has 0 bridgehead atoms. The maximum Gasteiger partial charge on any atom is 0.203 e. The summed E-state index contributed by atoms with van der Waals surface area (Å²) in [5.41, 5.74) is 0.803. The summed E-state index contributed by atoms with van der Waals surface area (Å²) >= 11 is 9.34. The van der Waals surface area contributed by atoms with Gasteiger partial charge in [-0.25, -0.2) is 0 Å². The van der Waals surface area contributed by atoms with E-state index in [1.807, 2.05) is 0 Å². The lowest BCUT2D eigenvalue weighted by Crippen LogP contribution is -1.72. The number of hydrogen-bond acceptors (Lipinski definition) is 4. The van der Waals surface area contributed by atoms with Crippen molar-refractivity contribution in [1.29, 1.82) is 0 Å². The highest BCUT2D eigenvalue weighted by atomic mass is 127. The molecule has 2 rings (SSSR count). The van der Waals surface area contributed by atoms with Crippen LogP contribution in [-0.2, 0) is 0 Å². The van der Waals surface area contributed by atoms with Gasteiger partial charge in [0.1, 0.15) is 0 Å². The molecule has 2 aromatic rings. The number of aromatic nitrogens is 2. The van der Waals surface area contributed by atoms with E-state index in [0.29, 0.717) is 5.22 Å². The van der Waals surface area contributed by atoms with Crippen LogP contribution in [0.3, 0.4) is 0 Å². The van der Waals surface area contributed by atoms with E-state index in [2.05, 4.69) is 32.8 Å². The Kier molecular flexibility index (Phi) is 2.33. The average molecular weight is 313 g/mol. The highest BCUT2D eigenvalue weighted by Gasteiger charge is 2.10. The predicted octanol–water partition coefficient (Wildman–Crippen LogP) is 3.06. The molecule has 6 heteroatoms. The zero-order chi connectivity index (χ0) is 8.55. The van der Waals surface area contributed by atoms with Gasteiger partial charge in [-0.3, -0.25) is 0 Å². The monoisotopic (exact) mass is 312 g/mol. The van der Waals surface area contributed by atoms with Gasteiger partial charge in [0.2, 0.25) is 5.22 Å². The van der Waals surface area contributed by atoms with Crippen LogP contribution in [0.15, 0.2) is 16.7 Å². The van der Waals surface area contributed by atoms with Crippen LogP contribution in [0.25, 0.3) is 10.6 Å². The molecular weight excluding hydrogens is 311 g/mol. The van der Waals surface area contributed by atoms with Gasteiger partial charge < -0.3 is 4.42 Å². The lowest BCUT2D eigenvalue weighted by atomic mass is 10.4. The fraction of sp³-hybridized carbons (Fsp3) is 0. The van der Waals surface area contributed by atoms with E-state index < -0.39 is 0 Å². The zero-order valence-corrected chi connectivity index (χ0v) is 9.35. The number of hydrogen-bond donors (Lipinski definition) is 0. The third-order valence-corrected chi connectivity index (χ3v) is 3.16. The van der Waals surface area contributed by atoms with Gasteiger partial charge >= 0.3 is 0 Å². The van der Waals surface area contributed by atoms with Crippen LogP contribution in [0.5, 0.6) is 0 Å². The first kappa shape index (κ1) is 8.46. The van der Waals surface area contributed by atoms with Crippen molar-refractivity contribution in [3.63, 3.8) is 0 Å². The molecule has 0 saturated carbocycles. The Morgan fingerprint density at radius 3 is 2.83 bits per heavy atom. The number of halogens is 2. The van der Waals surface area contributed by atoms with Crippen LogP contribution >= 0.6 is 45.5 Å². The normalized spacial score (nSPS) is 10.5. The lowest BCUT2D eigenvalue weighted by Gasteiger charge is -1.85. The molecule has 12 heavy (non-hydrogen) atoms. The van der Waals surface area contributed by atoms with E-state index in [1.54, 1.807) is 6.07 Å². The molecule has 0 amide bonds. The largest absolute Gasteiger partial charge is 0.452 e. The molecule has 0 N–H and O–H groups in total. The van der Waals surface area contributed by atoms with Crippen LogP contribution in [0.2, 0.25) is 5.22 Å². The van der Waals surface area contributed by atoms with Crippen LogP contribution in [0.1, 0.15) is 0 Å². The lowest BCUT2D eigenvalue weighted by molar-refractivity contribution is 0.570. The van der Waals surface area contributed by atoms with Crippen molar-refractivity contribution in [3.05, 3.63) is 20.6 Å². The van der Waals surface area contributed by atoms with E-state index in [-0.39, 0.29) is 0 Å². The summed E-state index contributed by atoms with van der Waals surface area (Å²) in [4.78, 5) is 0. The van der Waals surface area contributed by atoms with E-state index >= 15 is 0 Å². The van der Waals surface area contributed by atoms with Gasteiger partial charge in [-0.05, 0) is 40.3 Å². The Morgan fingerprint density at radius 1 is 1.50 bits per heavy atom. The molecule has 0 radical (unpaired) electrons. The fourth-order valence-corrected chi connectivity index (χ4v) is 2.35. The summed E-state index contributed by atoms with van der Waals surface area (Å²) in [7, 11) is 0. The molecule has 0 aliphatic rings. The molecule has 0 aliphatic heterocycles. The van der Waals surface area contributed by atoms with Crippen LogP contribution in [0.4, 0.5) is 0 Å². The third-order valence-electron chi connectivity index (χ3n) is 1.25. The second-order valence-corrected chi connectivity index (χ2v) is 5.04. The van der Waals surface area contributed by atoms with E-state index in [0.717, 1.165) is 13.6 Å². The summed E-state index contributed by atoms with van der Waals surface area (Å²) in [6.45, 7) is 0. The zero-order valence-electron chi connectivity index (χ0n) is 5.62. The summed E-state index contributed by atoms with van der Waals surface area (Å²) in [6.07, 6.45) is 1.53. The van der Waals surface area contributed by atoms with Crippen molar-refractivity contribution in [2.45, 2.75) is 0 Å². The minimum absolute atomic E-state index is 0.363. The van der Waals surface area contributed by atoms with Gasteiger partial charge in [-0.15, -0.1) is 10.2 Å². The summed E-state index contributed by atoms with van der Waals surface area (Å²) < 4.78 is 5.82. The van der Waals surface area contributed by atoms with Crippen molar-refractivity contribution in [2.75, 3.05) is 0 Å². The van der Waals surface area contributed by atoms with Gasteiger partial charge in [0.15, 0.2) is 8.02 Å². The van der Waals surface area contributed by atoms with Gasteiger partial charge in [0, 0.05) is 0 Å². The molecule has 2 heterocycles. The summed E-state index contributed by atoms with van der Waals surface area (Å²) in [5.74, 6) is 0. The molecule has 0 aromatic carbocycles. The van der Waals surface area contributed by atoms with Crippen molar-refractivity contribution in [2.24, 2.45) is 0 Å². The van der Waals surface area contributed by atoms with Crippen molar-refractivity contribution < 1.29 is 4.42 Å². The highest BCUT2D eigenvalue weighted by Crippen LogP contribution is 2.31. The Bertz CT molecular complexity index is 400. The first-order valence-electron chi connectivity index (χ1n) is 3.00. The molecule has 62 valence electrons. The predicted molar refractivity (Wildman–Crippen MR) is 55.3 cm³/mol. The quantitative estimate of drug-likeness (QED) is 0.760. The summed E-state index contributed by atoms with van der Waals surface area (Å²) in [5, 5.41) is 8.96. The minimum atomic E-state index is 0.363. The molecule has 0 aliphatic carbocycles. The number of nitrogens with zero attached hydrogens (tertiary/aromatic N) is 2. The number of rotatable bonds is 1. The van der Waals surface area contributed by atoms with Crippen LogP contribution < -0.4 is 0 Å². The van der Waals surface area contributed by atoms with Gasteiger partial charge in [0.25, 0.3) is 0 Å². The SMILES string of the molecule is Clc1occc1-c1nnc(I)s1. The van der Waals surface area contributed by atoms with Gasteiger partial charge in [0.05, 0.1) is 11.8 Å². The average Bonchev–Trinajstić information content (AvgIpc) is 2.58. The van der Waals surface area contributed by atoms with Crippen molar-refractivity contribution in [1.82, 2.24) is 10.2 Å². The van der Waals surface area contributed by atoms with Gasteiger partial charge in [-0.1, -0.05) is 11.3 Å². The molecular formula is C6H2ClIN2OS. The smallest absolute Gasteiger partial charge is 0.203 e. The molecule has 0 atom stereocenters. The molecule has 2 aromatic heterocycles. The number of furan rings is 1. The standard InChI is InChI=1S/C6H2ClIN2OS/c7-4-3(1-2-11-4)5-9-10-6(8)12-5/h1-2H. The topological polar surface area (TPSA) is 38.9 Å². The molecule has 0 saturated heterocycles. The van der Waals surface area contributed by atoms with Crippen molar-refractivity contribution in [3.8, 4) is 10.6 Å². The van der Waals surface area contributed by atoms with Crippen LogP contribution in [0, 0.1) is 3.01 Å². The molecule has 3 nitrogen and oxygen atoms in total. The van der Waals surface area contributed by atoms with E-state index in [1.165, 1.54) is 17.6 Å². The second kappa shape index (κ2) is 3.31. The first-order chi connectivity index (χ1) is 5.77. The molecule has 0 fully saturated rings. The van der Waals surface area contributed by atoms with Gasteiger partial charge in [-0.2, -0.15) is 0 Å². The van der Waals surface area contributed by atoms with E-state index in [4.69, 9.17) is 16.0 Å². The maximum absolute atomic E-state index is 5.75. The minimum Gasteiger partial charge on any atom is -0.452 e. The highest BCUT2D eigenvalue weighted by molar-refractivity contribution is 14.1. The first-order valence-corrected chi connectivity index (χ1v) is 5.27. The fourth-order valence-electron chi connectivity index (χ4n) is 0.760. The Labute approximate surface area is 90.9 Å². The van der Waals surface area contributed by atoms with E-state index in [9.17, 15) is 0 Å². The molecule has 0 spiro atoms. The third kappa shape index (κ3) is 1.48. The Hall–Kier alpha value is -0.140. The van der Waals surface area contributed by atoms with Crippen LogP contribution in [-0.4, -0.2) is 10.2 Å². The Balaban J connectivity index is 2.50. The Morgan fingerprint density at radius 2 is 2.33 bits per heavy atom. The van der Waals surface area contributed by atoms with Crippen molar-refractivity contribution >= 4 is 45.5 Å². The molecule has 0 unspecified atom stereocenters. The summed E-state index contributed by atoms with van der Waals surface area (Å²) in [6, 6.07) is 1.78.